The highest BCUT2D eigenvalue weighted by molar-refractivity contribution is 5.90. The van der Waals surface area contributed by atoms with Gasteiger partial charge in [0, 0.05) is 11.8 Å². The summed E-state index contributed by atoms with van der Waals surface area (Å²) in [4.78, 5) is 10.9. The fourth-order valence-corrected chi connectivity index (χ4v) is 1.49. The minimum absolute atomic E-state index is 0.00868. The van der Waals surface area contributed by atoms with Crippen molar-refractivity contribution in [3.05, 3.63) is 0 Å². The molecule has 0 saturated heterocycles. The van der Waals surface area contributed by atoms with Crippen LogP contribution in [-0.2, 0) is 4.79 Å². The standard InChI is InChI=1S/C8H14O/c1-4-6-5-7(9)8(6,2)3/h6H,4-5H2,1-3H3. The van der Waals surface area contributed by atoms with Crippen molar-refractivity contribution >= 4 is 5.78 Å². The zero-order valence-electron chi connectivity index (χ0n) is 6.40. The Morgan fingerprint density at radius 3 is 2.33 bits per heavy atom. The molecule has 0 amide bonds. The molecule has 1 aliphatic carbocycles. The van der Waals surface area contributed by atoms with Gasteiger partial charge in [0.25, 0.3) is 0 Å². The van der Waals surface area contributed by atoms with Crippen molar-refractivity contribution in [1.29, 1.82) is 0 Å². The SMILES string of the molecule is CCC1CC(=O)C1(C)C. The Bertz CT molecular complexity index is 136. The summed E-state index contributed by atoms with van der Waals surface area (Å²) in [5, 5.41) is 0. The number of hydrogen-bond acceptors (Lipinski definition) is 1. The van der Waals surface area contributed by atoms with Gasteiger partial charge in [0.05, 0.1) is 0 Å². The predicted octanol–water partition coefficient (Wildman–Crippen LogP) is 2.01. The lowest BCUT2D eigenvalue weighted by atomic mass is 9.60. The molecule has 1 saturated carbocycles. The van der Waals surface area contributed by atoms with Crippen LogP contribution in [0.4, 0.5) is 0 Å². The summed E-state index contributed by atoms with van der Waals surface area (Å²) in [5.41, 5.74) is 0.00868. The van der Waals surface area contributed by atoms with Gasteiger partial charge < -0.3 is 0 Å². The van der Waals surface area contributed by atoms with E-state index in [1.54, 1.807) is 0 Å². The second-order valence-corrected chi connectivity index (χ2v) is 3.45. The van der Waals surface area contributed by atoms with E-state index in [2.05, 4.69) is 6.92 Å². The van der Waals surface area contributed by atoms with E-state index in [0.717, 1.165) is 12.8 Å². The van der Waals surface area contributed by atoms with Crippen molar-refractivity contribution < 1.29 is 4.79 Å². The highest BCUT2D eigenvalue weighted by atomic mass is 16.1. The van der Waals surface area contributed by atoms with Crippen LogP contribution in [0.3, 0.4) is 0 Å². The minimum atomic E-state index is 0.00868. The lowest BCUT2D eigenvalue weighted by Crippen LogP contribution is -2.44. The van der Waals surface area contributed by atoms with Gasteiger partial charge in [0.2, 0.25) is 0 Å². The average molecular weight is 126 g/mol. The zero-order valence-corrected chi connectivity index (χ0v) is 6.40. The Balaban J connectivity index is 2.58. The van der Waals surface area contributed by atoms with Gasteiger partial charge >= 0.3 is 0 Å². The summed E-state index contributed by atoms with van der Waals surface area (Å²) >= 11 is 0. The third-order valence-corrected chi connectivity index (χ3v) is 2.66. The molecule has 1 fully saturated rings. The second-order valence-electron chi connectivity index (χ2n) is 3.45. The van der Waals surface area contributed by atoms with Crippen LogP contribution in [0.1, 0.15) is 33.6 Å². The number of carbonyl (C=O) groups excluding carboxylic acids is 1. The molecule has 0 radical (unpaired) electrons. The molecule has 0 aromatic rings. The summed E-state index contributed by atoms with van der Waals surface area (Å²) < 4.78 is 0. The maximum atomic E-state index is 10.9. The number of carbonyl (C=O) groups is 1. The molecule has 0 heterocycles. The summed E-state index contributed by atoms with van der Waals surface area (Å²) in [7, 11) is 0. The van der Waals surface area contributed by atoms with Crippen LogP contribution in [0.5, 0.6) is 0 Å². The van der Waals surface area contributed by atoms with Crippen molar-refractivity contribution in [2.24, 2.45) is 11.3 Å². The Hall–Kier alpha value is -0.330. The quantitative estimate of drug-likeness (QED) is 0.525. The number of Topliss-reactive ketones (excluding diaryl/α,β-unsaturated/α-hetero) is 1. The fraction of sp³-hybridized carbons (Fsp3) is 0.875. The van der Waals surface area contributed by atoms with E-state index in [0.29, 0.717) is 11.7 Å². The molecule has 1 nitrogen and oxygen atoms in total. The summed E-state index contributed by atoms with van der Waals surface area (Å²) in [6, 6.07) is 0. The monoisotopic (exact) mass is 126 g/mol. The van der Waals surface area contributed by atoms with Gasteiger partial charge in [-0.25, -0.2) is 0 Å². The highest BCUT2D eigenvalue weighted by Crippen LogP contribution is 2.44. The second kappa shape index (κ2) is 1.83. The maximum Gasteiger partial charge on any atom is 0.139 e. The maximum absolute atomic E-state index is 10.9. The van der Waals surface area contributed by atoms with Crippen LogP contribution in [-0.4, -0.2) is 5.78 Å². The molecule has 1 heteroatoms. The van der Waals surface area contributed by atoms with E-state index in [1.807, 2.05) is 13.8 Å². The lowest BCUT2D eigenvalue weighted by molar-refractivity contribution is -0.142. The first kappa shape index (κ1) is 6.79. The van der Waals surface area contributed by atoms with Gasteiger partial charge in [0.15, 0.2) is 0 Å². The lowest BCUT2D eigenvalue weighted by Gasteiger charge is -2.42. The van der Waals surface area contributed by atoms with Crippen molar-refractivity contribution in [2.75, 3.05) is 0 Å². The van der Waals surface area contributed by atoms with Crippen LogP contribution >= 0.6 is 0 Å². The summed E-state index contributed by atoms with van der Waals surface area (Å²) in [5.74, 6) is 1.10. The van der Waals surface area contributed by atoms with E-state index in [-0.39, 0.29) is 5.41 Å². The molecule has 1 aliphatic rings. The third kappa shape index (κ3) is 0.790. The van der Waals surface area contributed by atoms with Gasteiger partial charge in [-0.05, 0) is 5.92 Å². The molecule has 0 aliphatic heterocycles. The molecule has 9 heavy (non-hydrogen) atoms. The van der Waals surface area contributed by atoms with Crippen LogP contribution < -0.4 is 0 Å². The number of hydrogen-bond donors (Lipinski definition) is 0. The largest absolute Gasteiger partial charge is 0.299 e. The zero-order chi connectivity index (χ0) is 7.07. The van der Waals surface area contributed by atoms with Crippen LogP contribution in [0.15, 0.2) is 0 Å². The third-order valence-electron chi connectivity index (χ3n) is 2.66. The fourth-order valence-electron chi connectivity index (χ4n) is 1.49. The topological polar surface area (TPSA) is 17.1 Å². The van der Waals surface area contributed by atoms with Gasteiger partial charge in [-0.2, -0.15) is 0 Å². The van der Waals surface area contributed by atoms with Gasteiger partial charge in [-0.3, -0.25) is 4.79 Å². The van der Waals surface area contributed by atoms with Crippen LogP contribution in [0, 0.1) is 11.3 Å². The minimum Gasteiger partial charge on any atom is -0.299 e. The Kier molecular flexibility index (Phi) is 1.38. The van der Waals surface area contributed by atoms with Crippen molar-refractivity contribution in [1.82, 2.24) is 0 Å². The Labute approximate surface area is 56.4 Å². The molecule has 0 aromatic heterocycles. The molecule has 1 atom stereocenters. The van der Waals surface area contributed by atoms with Gasteiger partial charge in [0.1, 0.15) is 5.78 Å². The van der Waals surface area contributed by atoms with E-state index < -0.39 is 0 Å². The Morgan fingerprint density at radius 1 is 1.67 bits per heavy atom. The number of ketones is 1. The van der Waals surface area contributed by atoms with Gasteiger partial charge in [-0.1, -0.05) is 27.2 Å². The first-order chi connectivity index (χ1) is 4.09. The average Bonchev–Trinajstić information content (AvgIpc) is 1.82. The molecule has 1 rings (SSSR count). The van der Waals surface area contributed by atoms with E-state index in [9.17, 15) is 4.79 Å². The molecular weight excluding hydrogens is 112 g/mol. The first-order valence-electron chi connectivity index (χ1n) is 3.62. The van der Waals surface area contributed by atoms with Crippen molar-refractivity contribution in [2.45, 2.75) is 33.6 Å². The molecular formula is C8H14O. The molecule has 0 bridgehead atoms. The predicted molar refractivity (Wildman–Crippen MR) is 37.2 cm³/mol. The van der Waals surface area contributed by atoms with E-state index in [1.165, 1.54) is 0 Å². The smallest absolute Gasteiger partial charge is 0.139 e. The molecule has 52 valence electrons. The Morgan fingerprint density at radius 2 is 2.22 bits per heavy atom. The van der Waals surface area contributed by atoms with Crippen LogP contribution in [0.25, 0.3) is 0 Å². The van der Waals surface area contributed by atoms with Crippen molar-refractivity contribution in [3.8, 4) is 0 Å². The summed E-state index contributed by atoms with van der Waals surface area (Å²) in [6.07, 6.45) is 1.97. The molecule has 0 N–H and O–H groups in total. The van der Waals surface area contributed by atoms with Crippen molar-refractivity contribution in [3.63, 3.8) is 0 Å². The van der Waals surface area contributed by atoms with E-state index in [4.69, 9.17) is 0 Å². The van der Waals surface area contributed by atoms with Crippen LogP contribution in [0.2, 0.25) is 0 Å². The first-order valence-corrected chi connectivity index (χ1v) is 3.62. The molecule has 1 unspecified atom stereocenters. The summed E-state index contributed by atoms with van der Waals surface area (Å²) in [6.45, 7) is 6.25. The van der Waals surface area contributed by atoms with Gasteiger partial charge in [-0.15, -0.1) is 0 Å². The normalized spacial score (nSPS) is 31.9. The highest BCUT2D eigenvalue weighted by Gasteiger charge is 2.45. The molecule has 0 spiro atoms. The number of rotatable bonds is 1. The molecule has 0 aromatic carbocycles. The van der Waals surface area contributed by atoms with E-state index >= 15 is 0 Å².